The molecule has 0 aromatic carbocycles. The van der Waals surface area contributed by atoms with Crippen LogP contribution in [0.15, 0.2) is 12.2 Å². The molecule has 0 amide bonds. The van der Waals surface area contributed by atoms with Crippen molar-refractivity contribution in [2.45, 2.75) is 62.9 Å². The van der Waals surface area contributed by atoms with E-state index >= 15 is 0 Å². The standard InChI is InChI=1S/C15H20O4/c1-8-9-6-15-13(2,7-10(9)18-12(8)17)11(16)4-5-14(15,3)19-15/h9-11,16H,1,4-7H2,2-3H3. The highest BCUT2D eigenvalue weighted by molar-refractivity contribution is 5.91. The predicted molar refractivity (Wildman–Crippen MR) is 67.3 cm³/mol. The largest absolute Gasteiger partial charge is 0.458 e. The van der Waals surface area contributed by atoms with Crippen LogP contribution in [0, 0.1) is 11.3 Å². The maximum atomic E-state index is 11.7. The van der Waals surface area contributed by atoms with Crippen LogP contribution >= 0.6 is 0 Å². The first-order valence-electron chi connectivity index (χ1n) is 7.11. The number of hydrogen-bond acceptors (Lipinski definition) is 4. The summed E-state index contributed by atoms with van der Waals surface area (Å²) in [5.74, 6) is -0.210. The van der Waals surface area contributed by atoms with E-state index < -0.39 is 0 Å². The first kappa shape index (κ1) is 11.9. The number of esters is 1. The number of aliphatic hydroxyl groups excluding tert-OH is 1. The molecular weight excluding hydrogens is 244 g/mol. The molecule has 4 rings (SSSR count). The highest BCUT2D eigenvalue weighted by atomic mass is 16.6. The average molecular weight is 264 g/mol. The molecule has 1 N–H and O–H groups in total. The van der Waals surface area contributed by atoms with Gasteiger partial charge < -0.3 is 14.6 Å². The first-order chi connectivity index (χ1) is 8.83. The summed E-state index contributed by atoms with van der Waals surface area (Å²) in [6, 6.07) is 0. The number of rotatable bonds is 0. The lowest BCUT2D eigenvalue weighted by Gasteiger charge is -2.50. The number of hydrogen-bond donors (Lipinski definition) is 1. The molecule has 0 bridgehead atoms. The Morgan fingerprint density at radius 1 is 1.37 bits per heavy atom. The van der Waals surface area contributed by atoms with Gasteiger partial charge in [-0.15, -0.1) is 0 Å². The quantitative estimate of drug-likeness (QED) is 0.410. The summed E-state index contributed by atoms with van der Waals surface area (Å²) >= 11 is 0. The Morgan fingerprint density at radius 3 is 2.84 bits per heavy atom. The fourth-order valence-electron chi connectivity index (χ4n) is 4.96. The van der Waals surface area contributed by atoms with Crippen LogP contribution < -0.4 is 0 Å². The maximum absolute atomic E-state index is 11.7. The van der Waals surface area contributed by atoms with Crippen molar-refractivity contribution in [1.82, 2.24) is 0 Å². The van der Waals surface area contributed by atoms with Gasteiger partial charge in [0, 0.05) is 16.9 Å². The second kappa shape index (κ2) is 3.07. The van der Waals surface area contributed by atoms with Gasteiger partial charge >= 0.3 is 5.97 Å². The van der Waals surface area contributed by atoms with E-state index in [1.807, 2.05) is 0 Å². The molecule has 19 heavy (non-hydrogen) atoms. The highest BCUT2D eigenvalue weighted by Crippen LogP contribution is 2.72. The van der Waals surface area contributed by atoms with E-state index in [0.29, 0.717) is 12.0 Å². The number of carbonyl (C=O) groups excluding carboxylic acids is 1. The molecule has 104 valence electrons. The van der Waals surface area contributed by atoms with Crippen LogP contribution in [0.1, 0.15) is 39.5 Å². The van der Waals surface area contributed by atoms with Crippen LogP contribution in [0.2, 0.25) is 0 Å². The Bertz CT molecular complexity index is 500. The lowest BCUT2D eigenvalue weighted by Crippen LogP contribution is -2.58. The van der Waals surface area contributed by atoms with E-state index in [1.54, 1.807) is 0 Å². The van der Waals surface area contributed by atoms with Crippen molar-refractivity contribution < 1.29 is 19.4 Å². The summed E-state index contributed by atoms with van der Waals surface area (Å²) < 4.78 is 11.6. The molecule has 6 atom stereocenters. The van der Waals surface area contributed by atoms with Crippen LogP contribution in [0.5, 0.6) is 0 Å². The fourth-order valence-corrected chi connectivity index (χ4v) is 4.96. The third-order valence-corrected chi connectivity index (χ3v) is 6.31. The zero-order valence-electron chi connectivity index (χ0n) is 11.4. The lowest BCUT2D eigenvalue weighted by atomic mass is 9.53. The number of carbonyl (C=O) groups is 1. The molecule has 0 radical (unpaired) electrons. The number of fused-ring (bicyclic) bond motifs is 1. The Morgan fingerprint density at radius 2 is 2.11 bits per heavy atom. The van der Waals surface area contributed by atoms with Crippen molar-refractivity contribution in [1.29, 1.82) is 0 Å². The molecule has 2 aliphatic carbocycles. The Balaban J connectivity index is 1.77. The van der Waals surface area contributed by atoms with E-state index in [9.17, 15) is 9.90 Å². The van der Waals surface area contributed by atoms with Gasteiger partial charge in [-0.1, -0.05) is 13.5 Å². The molecule has 1 spiro atoms. The van der Waals surface area contributed by atoms with Crippen LogP contribution in [-0.4, -0.2) is 34.5 Å². The smallest absolute Gasteiger partial charge is 0.334 e. The fraction of sp³-hybridized carbons (Fsp3) is 0.800. The van der Waals surface area contributed by atoms with E-state index in [1.165, 1.54) is 0 Å². The molecule has 0 aromatic heterocycles. The summed E-state index contributed by atoms with van der Waals surface area (Å²) in [6.45, 7) is 8.11. The van der Waals surface area contributed by atoms with Crippen LogP contribution in [-0.2, 0) is 14.3 Å². The molecule has 4 aliphatic rings. The molecule has 2 saturated heterocycles. The second-order valence-corrected chi connectivity index (χ2v) is 7.12. The highest BCUT2D eigenvalue weighted by Gasteiger charge is 2.80. The van der Waals surface area contributed by atoms with Crippen molar-refractivity contribution in [3.05, 3.63) is 12.2 Å². The van der Waals surface area contributed by atoms with E-state index in [-0.39, 0.29) is 40.7 Å². The summed E-state index contributed by atoms with van der Waals surface area (Å²) in [5.41, 5.74) is -0.168. The van der Waals surface area contributed by atoms with Crippen LogP contribution in [0.25, 0.3) is 0 Å². The Kier molecular flexibility index (Phi) is 1.92. The third kappa shape index (κ3) is 1.12. The van der Waals surface area contributed by atoms with Gasteiger partial charge in [0.15, 0.2) is 0 Å². The molecule has 2 heterocycles. The van der Waals surface area contributed by atoms with E-state index in [4.69, 9.17) is 9.47 Å². The van der Waals surface area contributed by atoms with Crippen molar-refractivity contribution in [2.75, 3.05) is 0 Å². The van der Waals surface area contributed by atoms with Gasteiger partial charge in [-0.05, 0) is 32.6 Å². The minimum atomic E-state index is -0.378. The third-order valence-electron chi connectivity index (χ3n) is 6.31. The van der Waals surface area contributed by atoms with Gasteiger partial charge in [0.2, 0.25) is 0 Å². The summed E-state index contributed by atoms with van der Waals surface area (Å²) in [6.07, 6.45) is 2.59. The molecule has 2 aliphatic heterocycles. The normalized spacial score (nSPS) is 59.0. The van der Waals surface area contributed by atoms with Crippen molar-refractivity contribution >= 4 is 5.97 Å². The van der Waals surface area contributed by atoms with Crippen molar-refractivity contribution in [2.24, 2.45) is 11.3 Å². The second-order valence-electron chi connectivity index (χ2n) is 7.12. The lowest BCUT2D eigenvalue weighted by molar-refractivity contribution is -0.148. The minimum Gasteiger partial charge on any atom is -0.458 e. The molecule has 4 heteroatoms. The van der Waals surface area contributed by atoms with Gasteiger partial charge in [0.25, 0.3) is 0 Å². The van der Waals surface area contributed by atoms with Crippen molar-refractivity contribution in [3.63, 3.8) is 0 Å². The number of ether oxygens (including phenoxy) is 2. The van der Waals surface area contributed by atoms with Gasteiger partial charge in [0.1, 0.15) is 11.7 Å². The first-order valence-corrected chi connectivity index (χ1v) is 7.11. The molecular formula is C15H20O4. The zero-order valence-corrected chi connectivity index (χ0v) is 11.4. The Labute approximate surface area is 112 Å². The SMILES string of the molecule is C=C1C(=O)OC2CC3(C)C(O)CCC4(C)OC43CC12. The topological polar surface area (TPSA) is 59.1 Å². The molecule has 4 fully saturated rings. The summed E-state index contributed by atoms with van der Waals surface area (Å²) in [7, 11) is 0. The molecule has 2 saturated carbocycles. The van der Waals surface area contributed by atoms with E-state index in [0.717, 1.165) is 19.3 Å². The zero-order chi connectivity index (χ0) is 13.6. The van der Waals surface area contributed by atoms with Crippen LogP contribution in [0.3, 0.4) is 0 Å². The van der Waals surface area contributed by atoms with E-state index in [2.05, 4.69) is 20.4 Å². The predicted octanol–water partition coefficient (Wildman–Crippen LogP) is 1.57. The van der Waals surface area contributed by atoms with Gasteiger partial charge in [-0.25, -0.2) is 4.79 Å². The van der Waals surface area contributed by atoms with Crippen molar-refractivity contribution in [3.8, 4) is 0 Å². The molecule has 0 aromatic rings. The Hall–Kier alpha value is -0.870. The maximum Gasteiger partial charge on any atom is 0.334 e. The summed E-state index contributed by atoms with van der Waals surface area (Å²) in [5, 5.41) is 10.5. The van der Waals surface area contributed by atoms with Gasteiger partial charge in [0.05, 0.1) is 11.7 Å². The monoisotopic (exact) mass is 264 g/mol. The summed E-state index contributed by atoms with van der Waals surface area (Å²) in [4.78, 5) is 11.7. The molecule has 6 unspecified atom stereocenters. The average Bonchev–Trinajstić information content (AvgIpc) is 2.88. The van der Waals surface area contributed by atoms with Gasteiger partial charge in [-0.3, -0.25) is 0 Å². The molecule has 4 nitrogen and oxygen atoms in total. The van der Waals surface area contributed by atoms with Gasteiger partial charge in [-0.2, -0.15) is 0 Å². The number of epoxide rings is 1. The number of aliphatic hydroxyl groups is 1. The van der Waals surface area contributed by atoms with Crippen LogP contribution in [0.4, 0.5) is 0 Å². The minimum absolute atomic E-state index is 0.0627.